The Morgan fingerprint density at radius 1 is 1.05 bits per heavy atom. The fraction of sp³-hybridized carbons (Fsp3) is 1.00. The second-order valence-corrected chi connectivity index (χ2v) is 6.93. The molecule has 3 heteroatoms. The molecule has 0 spiro atoms. The zero-order valence-electron chi connectivity index (χ0n) is 13.2. The summed E-state index contributed by atoms with van der Waals surface area (Å²) in [6, 6.07) is 0. The Morgan fingerprint density at radius 2 is 1.75 bits per heavy atom. The maximum Gasteiger partial charge on any atom is 0.0897 e. The predicted molar refractivity (Wildman–Crippen MR) is 82.8 cm³/mol. The SMILES string of the molecule is CC1CCCCC1CNCC(O)COC1CCCCC1. The van der Waals surface area contributed by atoms with Crippen LogP contribution in [0.5, 0.6) is 0 Å². The molecular weight excluding hydrogens is 250 g/mol. The van der Waals surface area contributed by atoms with Crippen LogP contribution in [0.4, 0.5) is 0 Å². The van der Waals surface area contributed by atoms with E-state index in [0.29, 0.717) is 19.3 Å². The largest absolute Gasteiger partial charge is 0.389 e. The first-order valence-electron chi connectivity index (χ1n) is 8.76. The van der Waals surface area contributed by atoms with Gasteiger partial charge in [-0.3, -0.25) is 0 Å². The second-order valence-electron chi connectivity index (χ2n) is 6.93. The van der Waals surface area contributed by atoms with Gasteiger partial charge in [-0.2, -0.15) is 0 Å². The van der Waals surface area contributed by atoms with Gasteiger partial charge < -0.3 is 15.2 Å². The number of nitrogens with one attached hydrogen (secondary N) is 1. The number of aliphatic hydroxyl groups excluding tert-OH is 1. The van der Waals surface area contributed by atoms with E-state index in [0.717, 1.165) is 18.4 Å². The van der Waals surface area contributed by atoms with Crippen LogP contribution < -0.4 is 5.32 Å². The van der Waals surface area contributed by atoms with Crippen LogP contribution >= 0.6 is 0 Å². The molecule has 3 nitrogen and oxygen atoms in total. The first-order chi connectivity index (χ1) is 9.75. The summed E-state index contributed by atoms with van der Waals surface area (Å²) >= 11 is 0. The van der Waals surface area contributed by atoms with Crippen molar-refractivity contribution in [1.82, 2.24) is 5.32 Å². The molecule has 3 atom stereocenters. The van der Waals surface area contributed by atoms with Gasteiger partial charge in [0, 0.05) is 6.54 Å². The van der Waals surface area contributed by atoms with E-state index >= 15 is 0 Å². The third-order valence-electron chi connectivity index (χ3n) is 5.15. The highest BCUT2D eigenvalue weighted by molar-refractivity contribution is 4.75. The number of aliphatic hydroxyl groups is 1. The number of hydrogen-bond donors (Lipinski definition) is 2. The molecule has 2 aliphatic carbocycles. The summed E-state index contributed by atoms with van der Waals surface area (Å²) in [6.45, 7) is 4.60. The molecule has 2 rings (SSSR count). The minimum atomic E-state index is -0.351. The van der Waals surface area contributed by atoms with Crippen LogP contribution in [0.25, 0.3) is 0 Å². The first kappa shape index (κ1) is 16.3. The van der Waals surface area contributed by atoms with Gasteiger partial charge in [0.15, 0.2) is 0 Å². The molecule has 20 heavy (non-hydrogen) atoms. The Labute approximate surface area is 124 Å². The summed E-state index contributed by atoms with van der Waals surface area (Å²) in [4.78, 5) is 0. The van der Waals surface area contributed by atoms with E-state index in [2.05, 4.69) is 12.2 Å². The zero-order chi connectivity index (χ0) is 14.2. The van der Waals surface area contributed by atoms with E-state index in [4.69, 9.17) is 4.74 Å². The lowest BCUT2D eigenvalue weighted by Gasteiger charge is -2.29. The van der Waals surface area contributed by atoms with Crippen LogP contribution in [0.1, 0.15) is 64.7 Å². The predicted octanol–water partition coefficient (Wildman–Crippen LogP) is 3.11. The lowest BCUT2D eigenvalue weighted by atomic mass is 9.80. The topological polar surface area (TPSA) is 41.5 Å². The first-order valence-corrected chi connectivity index (χ1v) is 8.76. The van der Waals surface area contributed by atoms with Crippen LogP contribution in [0, 0.1) is 11.8 Å². The summed E-state index contributed by atoms with van der Waals surface area (Å²) in [6.07, 6.45) is 11.8. The molecule has 2 fully saturated rings. The van der Waals surface area contributed by atoms with Crippen molar-refractivity contribution in [2.24, 2.45) is 11.8 Å². The third-order valence-corrected chi connectivity index (χ3v) is 5.15. The molecule has 3 unspecified atom stereocenters. The lowest BCUT2D eigenvalue weighted by molar-refractivity contribution is -0.0233. The Hall–Kier alpha value is -0.120. The van der Waals surface area contributed by atoms with Crippen molar-refractivity contribution >= 4 is 0 Å². The van der Waals surface area contributed by atoms with Gasteiger partial charge in [0.1, 0.15) is 0 Å². The van der Waals surface area contributed by atoms with Crippen LogP contribution in [-0.4, -0.2) is 37.0 Å². The highest BCUT2D eigenvalue weighted by atomic mass is 16.5. The monoisotopic (exact) mass is 283 g/mol. The minimum absolute atomic E-state index is 0.351. The molecule has 0 amide bonds. The Kier molecular flexibility index (Phi) is 7.32. The van der Waals surface area contributed by atoms with Crippen molar-refractivity contribution in [1.29, 1.82) is 0 Å². The summed E-state index contributed by atoms with van der Waals surface area (Å²) in [5.41, 5.74) is 0. The lowest BCUT2D eigenvalue weighted by Crippen LogP contribution is -2.36. The Morgan fingerprint density at radius 3 is 2.50 bits per heavy atom. The number of ether oxygens (including phenoxy) is 1. The minimum Gasteiger partial charge on any atom is -0.389 e. The number of rotatable bonds is 7. The van der Waals surface area contributed by atoms with E-state index in [9.17, 15) is 5.11 Å². The highest BCUT2D eigenvalue weighted by Crippen LogP contribution is 2.28. The molecular formula is C17H33NO2. The van der Waals surface area contributed by atoms with E-state index in [1.807, 2.05) is 0 Å². The molecule has 0 aromatic carbocycles. The van der Waals surface area contributed by atoms with Crippen molar-refractivity contribution < 1.29 is 9.84 Å². The van der Waals surface area contributed by atoms with Crippen molar-refractivity contribution in [3.8, 4) is 0 Å². The average Bonchev–Trinajstić information content (AvgIpc) is 2.48. The van der Waals surface area contributed by atoms with Crippen LogP contribution in [0.2, 0.25) is 0 Å². The fourth-order valence-electron chi connectivity index (χ4n) is 3.67. The molecule has 0 aliphatic heterocycles. The quantitative estimate of drug-likeness (QED) is 0.754. The molecule has 0 aromatic heterocycles. The van der Waals surface area contributed by atoms with Gasteiger partial charge >= 0.3 is 0 Å². The molecule has 0 heterocycles. The fourth-order valence-corrected chi connectivity index (χ4v) is 3.67. The number of hydrogen-bond acceptors (Lipinski definition) is 3. The zero-order valence-corrected chi connectivity index (χ0v) is 13.2. The van der Waals surface area contributed by atoms with E-state index in [1.54, 1.807) is 0 Å². The van der Waals surface area contributed by atoms with Gasteiger partial charge in [-0.05, 0) is 37.6 Å². The van der Waals surface area contributed by atoms with E-state index in [1.165, 1.54) is 57.8 Å². The van der Waals surface area contributed by atoms with Crippen molar-refractivity contribution in [3.05, 3.63) is 0 Å². The third kappa shape index (κ3) is 5.71. The Bertz CT molecular complexity index is 253. The van der Waals surface area contributed by atoms with Crippen molar-refractivity contribution in [3.63, 3.8) is 0 Å². The molecule has 2 saturated carbocycles. The van der Waals surface area contributed by atoms with Gasteiger partial charge in [0.05, 0.1) is 18.8 Å². The molecule has 2 aliphatic rings. The van der Waals surface area contributed by atoms with Crippen LogP contribution in [0.15, 0.2) is 0 Å². The van der Waals surface area contributed by atoms with Gasteiger partial charge in [-0.25, -0.2) is 0 Å². The van der Waals surface area contributed by atoms with Crippen molar-refractivity contribution in [2.75, 3.05) is 19.7 Å². The smallest absolute Gasteiger partial charge is 0.0897 e. The van der Waals surface area contributed by atoms with Crippen molar-refractivity contribution in [2.45, 2.75) is 76.9 Å². The van der Waals surface area contributed by atoms with Gasteiger partial charge in [-0.15, -0.1) is 0 Å². The molecule has 0 bridgehead atoms. The second kappa shape index (κ2) is 9.01. The summed E-state index contributed by atoms with van der Waals surface area (Å²) in [7, 11) is 0. The molecule has 0 aromatic rings. The summed E-state index contributed by atoms with van der Waals surface area (Å²) in [5, 5.41) is 13.4. The van der Waals surface area contributed by atoms with Crippen LogP contribution in [0.3, 0.4) is 0 Å². The average molecular weight is 283 g/mol. The maximum absolute atomic E-state index is 9.99. The standard InChI is InChI=1S/C17H33NO2/c1-14-7-5-6-8-15(14)11-18-12-16(19)13-20-17-9-3-2-4-10-17/h14-19H,2-13H2,1H3. The summed E-state index contributed by atoms with van der Waals surface area (Å²) < 4.78 is 5.82. The maximum atomic E-state index is 9.99. The van der Waals surface area contributed by atoms with Gasteiger partial charge in [0.25, 0.3) is 0 Å². The molecule has 118 valence electrons. The summed E-state index contributed by atoms with van der Waals surface area (Å²) in [5.74, 6) is 1.64. The van der Waals surface area contributed by atoms with Gasteiger partial charge in [-0.1, -0.05) is 45.4 Å². The molecule has 0 radical (unpaired) electrons. The Balaban J connectivity index is 1.52. The van der Waals surface area contributed by atoms with E-state index in [-0.39, 0.29) is 6.10 Å². The van der Waals surface area contributed by atoms with E-state index < -0.39 is 0 Å². The highest BCUT2D eigenvalue weighted by Gasteiger charge is 2.21. The molecule has 0 saturated heterocycles. The van der Waals surface area contributed by atoms with Gasteiger partial charge in [0.2, 0.25) is 0 Å². The normalized spacial score (nSPS) is 30.3. The van der Waals surface area contributed by atoms with Crippen LogP contribution in [-0.2, 0) is 4.74 Å². The molecule has 2 N–H and O–H groups in total.